The number of likely N-dealkylation sites (tertiary alicyclic amines) is 1. The minimum atomic E-state index is -0.115. The second kappa shape index (κ2) is 5.25. The molecule has 2 heterocycles. The molecule has 2 saturated heterocycles. The second-order valence-corrected chi connectivity index (χ2v) is 4.59. The van der Waals surface area contributed by atoms with Crippen LogP contribution in [0.3, 0.4) is 0 Å². The molecule has 0 radical (unpaired) electrons. The zero-order valence-corrected chi connectivity index (χ0v) is 9.56. The lowest BCUT2D eigenvalue weighted by Crippen LogP contribution is -2.47. The Morgan fingerprint density at radius 3 is 2.80 bits per heavy atom. The number of hydrogen-bond donors (Lipinski definition) is 1. The number of aliphatic hydroxyl groups excluding tert-OH is 1. The van der Waals surface area contributed by atoms with Crippen LogP contribution in [-0.2, 0) is 4.74 Å². The first-order chi connectivity index (χ1) is 7.28. The van der Waals surface area contributed by atoms with E-state index in [1.54, 1.807) is 0 Å². The van der Waals surface area contributed by atoms with Gasteiger partial charge in [-0.1, -0.05) is 6.92 Å². The van der Waals surface area contributed by atoms with E-state index in [0.29, 0.717) is 6.10 Å². The fourth-order valence-corrected chi connectivity index (χ4v) is 2.44. The van der Waals surface area contributed by atoms with Gasteiger partial charge in [0.05, 0.1) is 18.8 Å². The molecule has 1 unspecified atom stereocenters. The Morgan fingerprint density at radius 2 is 2.13 bits per heavy atom. The zero-order chi connectivity index (χ0) is 10.7. The van der Waals surface area contributed by atoms with Gasteiger partial charge in [0.1, 0.15) is 0 Å². The summed E-state index contributed by atoms with van der Waals surface area (Å²) >= 11 is 0. The SMILES string of the molecule is CCN1CCOC(CN2CC[C@@H](O)C2)C1. The maximum absolute atomic E-state index is 9.43. The van der Waals surface area contributed by atoms with Gasteiger partial charge in [0, 0.05) is 32.7 Å². The Kier molecular flexibility index (Phi) is 3.97. The van der Waals surface area contributed by atoms with Crippen LogP contribution in [0.5, 0.6) is 0 Å². The van der Waals surface area contributed by atoms with Gasteiger partial charge in [0.2, 0.25) is 0 Å². The van der Waals surface area contributed by atoms with Crippen LogP contribution >= 0.6 is 0 Å². The van der Waals surface area contributed by atoms with Crippen molar-refractivity contribution < 1.29 is 9.84 Å². The standard InChI is InChI=1S/C11H22N2O2/c1-2-12-5-6-15-11(8-12)9-13-4-3-10(14)7-13/h10-11,14H,2-9H2,1H3/t10-,11?/m1/s1. The molecule has 4 heteroatoms. The van der Waals surface area contributed by atoms with E-state index < -0.39 is 0 Å². The number of rotatable bonds is 3. The van der Waals surface area contributed by atoms with Gasteiger partial charge in [-0.15, -0.1) is 0 Å². The summed E-state index contributed by atoms with van der Waals surface area (Å²) in [5.41, 5.74) is 0. The lowest BCUT2D eigenvalue weighted by Gasteiger charge is -2.34. The van der Waals surface area contributed by atoms with Crippen molar-refractivity contribution in [2.24, 2.45) is 0 Å². The van der Waals surface area contributed by atoms with Gasteiger partial charge in [0.25, 0.3) is 0 Å². The first-order valence-corrected chi connectivity index (χ1v) is 6.02. The molecule has 0 spiro atoms. The van der Waals surface area contributed by atoms with E-state index in [9.17, 15) is 5.11 Å². The van der Waals surface area contributed by atoms with Crippen LogP contribution in [-0.4, -0.2) is 73.0 Å². The first kappa shape index (κ1) is 11.3. The van der Waals surface area contributed by atoms with Crippen LogP contribution in [0.2, 0.25) is 0 Å². The van der Waals surface area contributed by atoms with E-state index in [-0.39, 0.29) is 6.10 Å². The highest BCUT2D eigenvalue weighted by Gasteiger charge is 2.26. The Labute approximate surface area is 91.8 Å². The maximum atomic E-state index is 9.43. The minimum absolute atomic E-state index is 0.115. The Balaban J connectivity index is 1.74. The molecule has 88 valence electrons. The lowest BCUT2D eigenvalue weighted by molar-refractivity contribution is -0.0401. The number of nitrogens with zero attached hydrogens (tertiary/aromatic N) is 2. The molecule has 2 fully saturated rings. The van der Waals surface area contributed by atoms with E-state index in [0.717, 1.165) is 52.3 Å². The quantitative estimate of drug-likeness (QED) is 0.704. The third-order valence-corrected chi connectivity index (χ3v) is 3.38. The monoisotopic (exact) mass is 214 g/mol. The van der Waals surface area contributed by atoms with Crippen molar-refractivity contribution in [3.8, 4) is 0 Å². The highest BCUT2D eigenvalue weighted by atomic mass is 16.5. The number of aliphatic hydroxyl groups is 1. The third-order valence-electron chi connectivity index (χ3n) is 3.38. The number of likely N-dealkylation sites (N-methyl/N-ethyl adjacent to an activating group) is 1. The third kappa shape index (κ3) is 3.14. The first-order valence-electron chi connectivity index (χ1n) is 6.02. The summed E-state index contributed by atoms with van der Waals surface area (Å²) in [5, 5.41) is 9.43. The predicted molar refractivity (Wildman–Crippen MR) is 58.9 cm³/mol. The van der Waals surface area contributed by atoms with Crippen LogP contribution in [0.25, 0.3) is 0 Å². The topological polar surface area (TPSA) is 35.9 Å². The van der Waals surface area contributed by atoms with Gasteiger partial charge >= 0.3 is 0 Å². The van der Waals surface area contributed by atoms with Crippen LogP contribution in [0.1, 0.15) is 13.3 Å². The molecule has 15 heavy (non-hydrogen) atoms. The average Bonchev–Trinajstić information content (AvgIpc) is 2.64. The van der Waals surface area contributed by atoms with Gasteiger partial charge in [-0.05, 0) is 13.0 Å². The summed E-state index contributed by atoms with van der Waals surface area (Å²) in [4.78, 5) is 4.75. The molecule has 4 nitrogen and oxygen atoms in total. The summed E-state index contributed by atoms with van der Waals surface area (Å²) in [5.74, 6) is 0. The highest BCUT2D eigenvalue weighted by Crippen LogP contribution is 2.12. The number of ether oxygens (including phenoxy) is 1. The molecule has 1 N–H and O–H groups in total. The van der Waals surface area contributed by atoms with Gasteiger partial charge in [-0.3, -0.25) is 9.80 Å². The van der Waals surface area contributed by atoms with Crippen molar-refractivity contribution in [1.82, 2.24) is 9.80 Å². The fraction of sp³-hybridized carbons (Fsp3) is 1.00. The average molecular weight is 214 g/mol. The molecule has 0 aromatic carbocycles. The van der Waals surface area contributed by atoms with Crippen LogP contribution < -0.4 is 0 Å². The fourth-order valence-electron chi connectivity index (χ4n) is 2.44. The van der Waals surface area contributed by atoms with Gasteiger partial charge in [-0.2, -0.15) is 0 Å². The van der Waals surface area contributed by atoms with E-state index in [2.05, 4.69) is 16.7 Å². The zero-order valence-electron chi connectivity index (χ0n) is 9.56. The van der Waals surface area contributed by atoms with E-state index in [4.69, 9.17) is 4.74 Å². The van der Waals surface area contributed by atoms with Crippen LogP contribution in [0.4, 0.5) is 0 Å². The summed E-state index contributed by atoms with van der Waals surface area (Å²) in [6.45, 7) is 9.10. The van der Waals surface area contributed by atoms with Crippen molar-refractivity contribution in [3.05, 3.63) is 0 Å². The summed E-state index contributed by atoms with van der Waals surface area (Å²) in [6.07, 6.45) is 1.14. The molecule has 0 amide bonds. The second-order valence-electron chi connectivity index (χ2n) is 4.59. The summed E-state index contributed by atoms with van der Waals surface area (Å²) in [6, 6.07) is 0. The molecule has 0 saturated carbocycles. The number of morpholine rings is 1. The van der Waals surface area contributed by atoms with Crippen molar-refractivity contribution in [2.75, 3.05) is 45.9 Å². The molecule has 0 aliphatic carbocycles. The molecular weight excluding hydrogens is 192 g/mol. The molecule has 2 atom stereocenters. The Bertz CT molecular complexity index is 201. The summed E-state index contributed by atoms with van der Waals surface area (Å²) < 4.78 is 5.74. The molecule has 2 aliphatic rings. The minimum Gasteiger partial charge on any atom is -0.392 e. The predicted octanol–water partition coefficient (Wildman–Crippen LogP) is -0.226. The molecular formula is C11H22N2O2. The van der Waals surface area contributed by atoms with E-state index in [1.807, 2.05) is 0 Å². The number of hydrogen-bond acceptors (Lipinski definition) is 4. The lowest BCUT2D eigenvalue weighted by atomic mass is 10.2. The normalized spacial score (nSPS) is 34.8. The molecule has 2 aliphatic heterocycles. The van der Waals surface area contributed by atoms with Crippen LogP contribution in [0.15, 0.2) is 0 Å². The van der Waals surface area contributed by atoms with Crippen molar-refractivity contribution in [1.29, 1.82) is 0 Å². The van der Waals surface area contributed by atoms with E-state index >= 15 is 0 Å². The molecule has 0 aromatic rings. The van der Waals surface area contributed by atoms with Gasteiger partial charge in [-0.25, -0.2) is 0 Å². The largest absolute Gasteiger partial charge is 0.392 e. The van der Waals surface area contributed by atoms with Crippen molar-refractivity contribution in [2.45, 2.75) is 25.6 Å². The Morgan fingerprint density at radius 1 is 1.27 bits per heavy atom. The van der Waals surface area contributed by atoms with Crippen LogP contribution in [0, 0.1) is 0 Å². The number of β-amino-alcohol motifs (C(OH)–C–C–N with tert-alkyl or cyclic N) is 1. The van der Waals surface area contributed by atoms with Crippen molar-refractivity contribution >= 4 is 0 Å². The molecule has 0 aromatic heterocycles. The molecule has 2 rings (SSSR count). The maximum Gasteiger partial charge on any atom is 0.0829 e. The van der Waals surface area contributed by atoms with E-state index in [1.165, 1.54) is 0 Å². The highest BCUT2D eigenvalue weighted by molar-refractivity contribution is 4.80. The summed E-state index contributed by atoms with van der Waals surface area (Å²) in [7, 11) is 0. The van der Waals surface area contributed by atoms with Gasteiger partial charge in [0.15, 0.2) is 0 Å². The Hall–Kier alpha value is -0.160. The van der Waals surface area contributed by atoms with Crippen molar-refractivity contribution in [3.63, 3.8) is 0 Å². The van der Waals surface area contributed by atoms with Gasteiger partial charge < -0.3 is 9.84 Å². The smallest absolute Gasteiger partial charge is 0.0829 e. The molecule has 0 bridgehead atoms.